The van der Waals surface area contributed by atoms with E-state index in [-0.39, 0.29) is 5.75 Å². The molecule has 2 rings (SSSR count). The fourth-order valence-electron chi connectivity index (χ4n) is 1.93. The lowest BCUT2D eigenvalue weighted by Gasteiger charge is -2.10. The Balaban J connectivity index is 2.32. The molecular formula is C14H17FN2OS. The Labute approximate surface area is 116 Å². The summed E-state index contributed by atoms with van der Waals surface area (Å²) in [6, 6.07) is 4.37. The van der Waals surface area contributed by atoms with Crippen LogP contribution in [0.15, 0.2) is 18.2 Å². The standard InChI is InChI=1S/C14H17FN2OS/c1-4-11-8(2)19-14(17-11)13(16)9-5-6-12(18-3)10(15)7-9/h5-7,13H,4,16H2,1-3H3. The van der Waals surface area contributed by atoms with Gasteiger partial charge < -0.3 is 10.5 Å². The van der Waals surface area contributed by atoms with Gasteiger partial charge >= 0.3 is 0 Å². The number of hydrogen-bond donors (Lipinski definition) is 1. The number of methoxy groups -OCH3 is 1. The number of halogens is 1. The fraction of sp³-hybridized carbons (Fsp3) is 0.357. The molecule has 1 unspecified atom stereocenters. The zero-order valence-corrected chi connectivity index (χ0v) is 12.1. The van der Waals surface area contributed by atoms with Crippen molar-refractivity contribution in [3.63, 3.8) is 0 Å². The molecular weight excluding hydrogens is 263 g/mol. The highest BCUT2D eigenvalue weighted by Gasteiger charge is 2.16. The number of benzene rings is 1. The van der Waals surface area contributed by atoms with Crippen LogP contribution < -0.4 is 10.5 Å². The van der Waals surface area contributed by atoms with E-state index in [1.54, 1.807) is 23.5 Å². The number of nitrogens with zero attached hydrogens (tertiary/aromatic N) is 1. The molecule has 0 fully saturated rings. The molecule has 102 valence electrons. The van der Waals surface area contributed by atoms with E-state index in [1.807, 2.05) is 6.92 Å². The van der Waals surface area contributed by atoms with Gasteiger partial charge in [-0.2, -0.15) is 0 Å². The van der Waals surface area contributed by atoms with E-state index in [0.29, 0.717) is 5.56 Å². The second-order valence-electron chi connectivity index (χ2n) is 4.28. The normalized spacial score (nSPS) is 12.5. The predicted octanol–water partition coefficient (Wildman–Crippen LogP) is 3.21. The summed E-state index contributed by atoms with van der Waals surface area (Å²) in [5.74, 6) is -0.181. The first-order valence-corrected chi connectivity index (χ1v) is 6.93. The second-order valence-corrected chi connectivity index (χ2v) is 5.51. The number of rotatable bonds is 4. The molecule has 1 aromatic heterocycles. The van der Waals surface area contributed by atoms with Crippen molar-refractivity contribution in [2.24, 2.45) is 5.73 Å². The molecule has 1 heterocycles. The molecule has 0 aliphatic rings. The van der Waals surface area contributed by atoms with Crippen molar-refractivity contribution >= 4 is 11.3 Å². The molecule has 0 radical (unpaired) electrons. The van der Waals surface area contributed by atoms with Crippen LogP contribution in [0.3, 0.4) is 0 Å². The van der Waals surface area contributed by atoms with E-state index in [0.717, 1.165) is 17.1 Å². The topological polar surface area (TPSA) is 48.1 Å². The van der Waals surface area contributed by atoms with Crippen LogP contribution in [0.1, 0.15) is 34.1 Å². The summed E-state index contributed by atoms with van der Waals surface area (Å²) in [5, 5.41) is 0.818. The summed E-state index contributed by atoms with van der Waals surface area (Å²) in [5.41, 5.74) is 7.92. The minimum Gasteiger partial charge on any atom is -0.494 e. The minimum atomic E-state index is -0.403. The van der Waals surface area contributed by atoms with Gasteiger partial charge in [-0.3, -0.25) is 0 Å². The van der Waals surface area contributed by atoms with E-state index in [9.17, 15) is 4.39 Å². The number of nitrogens with two attached hydrogens (primary N) is 1. The van der Waals surface area contributed by atoms with Crippen LogP contribution in [0.25, 0.3) is 0 Å². The van der Waals surface area contributed by atoms with E-state index in [2.05, 4.69) is 11.9 Å². The number of thiazole rings is 1. The molecule has 19 heavy (non-hydrogen) atoms. The van der Waals surface area contributed by atoms with Crippen LogP contribution in [0.4, 0.5) is 4.39 Å². The van der Waals surface area contributed by atoms with Crippen LogP contribution in [0, 0.1) is 12.7 Å². The fourth-order valence-corrected chi connectivity index (χ4v) is 2.97. The van der Waals surface area contributed by atoms with Gasteiger partial charge in [-0.25, -0.2) is 9.37 Å². The van der Waals surface area contributed by atoms with Crippen LogP contribution in [-0.2, 0) is 6.42 Å². The number of ether oxygens (including phenoxy) is 1. The average molecular weight is 280 g/mol. The van der Waals surface area contributed by atoms with Gasteiger partial charge in [0.15, 0.2) is 11.6 Å². The van der Waals surface area contributed by atoms with Crippen LogP contribution in [0.2, 0.25) is 0 Å². The van der Waals surface area contributed by atoms with Crippen LogP contribution in [-0.4, -0.2) is 12.1 Å². The Morgan fingerprint density at radius 1 is 1.47 bits per heavy atom. The third kappa shape index (κ3) is 2.77. The quantitative estimate of drug-likeness (QED) is 0.935. The molecule has 2 aromatic rings. The Hall–Kier alpha value is -1.46. The molecule has 0 spiro atoms. The first-order chi connectivity index (χ1) is 9.06. The smallest absolute Gasteiger partial charge is 0.165 e. The van der Waals surface area contributed by atoms with Gasteiger partial charge in [0.25, 0.3) is 0 Å². The SMILES string of the molecule is CCc1nc(C(N)c2ccc(OC)c(F)c2)sc1C. The lowest BCUT2D eigenvalue weighted by atomic mass is 10.1. The van der Waals surface area contributed by atoms with Gasteiger partial charge in [0, 0.05) is 4.88 Å². The van der Waals surface area contributed by atoms with Crippen molar-refractivity contribution in [3.05, 3.63) is 45.2 Å². The van der Waals surface area contributed by atoms with E-state index < -0.39 is 11.9 Å². The van der Waals surface area contributed by atoms with Crippen molar-refractivity contribution < 1.29 is 9.13 Å². The largest absolute Gasteiger partial charge is 0.494 e. The summed E-state index contributed by atoms with van der Waals surface area (Å²) in [6.07, 6.45) is 0.881. The molecule has 0 aliphatic carbocycles. The van der Waals surface area contributed by atoms with Crippen molar-refractivity contribution in [2.45, 2.75) is 26.3 Å². The summed E-state index contributed by atoms with van der Waals surface area (Å²) in [7, 11) is 1.44. The second kappa shape index (κ2) is 5.67. The predicted molar refractivity (Wildman–Crippen MR) is 75.2 cm³/mol. The summed E-state index contributed by atoms with van der Waals surface area (Å²) >= 11 is 1.57. The van der Waals surface area contributed by atoms with Crippen LogP contribution >= 0.6 is 11.3 Å². The monoisotopic (exact) mass is 280 g/mol. The first kappa shape index (κ1) is 14.0. The van der Waals surface area contributed by atoms with Crippen LogP contribution in [0.5, 0.6) is 5.75 Å². The van der Waals surface area contributed by atoms with Crippen molar-refractivity contribution in [1.82, 2.24) is 4.98 Å². The highest BCUT2D eigenvalue weighted by Crippen LogP contribution is 2.28. The summed E-state index contributed by atoms with van der Waals surface area (Å²) < 4.78 is 18.6. The van der Waals surface area contributed by atoms with Gasteiger partial charge in [0.2, 0.25) is 0 Å². The Morgan fingerprint density at radius 2 is 2.21 bits per heavy atom. The average Bonchev–Trinajstić information content (AvgIpc) is 2.79. The molecule has 1 atom stereocenters. The van der Waals surface area contributed by atoms with Crippen molar-refractivity contribution in [3.8, 4) is 5.75 Å². The minimum absolute atomic E-state index is 0.223. The highest BCUT2D eigenvalue weighted by molar-refractivity contribution is 7.11. The zero-order valence-electron chi connectivity index (χ0n) is 11.2. The van der Waals surface area contributed by atoms with Crippen molar-refractivity contribution in [1.29, 1.82) is 0 Å². The van der Waals surface area contributed by atoms with E-state index in [1.165, 1.54) is 18.1 Å². The maximum Gasteiger partial charge on any atom is 0.165 e. The molecule has 2 N–H and O–H groups in total. The van der Waals surface area contributed by atoms with Gasteiger partial charge in [0.05, 0.1) is 18.8 Å². The molecule has 0 bridgehead atoms. The molecule has 0 aliphatic heterocycles. The highest BCUT2D eigenvalue weighted by atomic mass is 32.1. The number of hydrogen-bond acceptors (Lipinski definition) is 4. The Kier molecular flexibility index (Phi) is 4.17. The molecule has 0 amide bonds. The van der Waals surface area contributed by atoms with Gasteiger partial charge in [-0.1, -0.05) is 13.0 Å². The Morgan fingerprint density at radius 3 is 2.74 bits per heavy atom. The molecule has 5 heteroatoms. The van der Waals surface area contributed by atoms with Gasteiger partial charge in [-0.05, 0) is 31.0 Å². The first-order valence-electron chi connectivity index (χ1n) is 6.12. The molecule has 0 saturated heterocycles. The Bertz CT molecular complexity index is 583. The summed E-state index contributed by atoms with van der Waals surface area (Å²) in [4.78, 5) is 5.69. The third-order valence-corrected chi connectivity index (χ3v) is 4.14. The lowest BCUT2D eigenvalue weighted by molar-refractivity contribution is 0.386. The zero-order chi connectivity index (χ0) is 14.0. The van der Waals surface area contributed by atoms with Crippen molar-refractivity contribution in [2.75, 3.05) is 7.11 Å². The molecule has 3 nitrogen and oxygen atoms in total. The van der Waals surface area contributed by atoms with Gasteiger partial charge in [-0.15, -0.1) is 11.3 Å². The van der Waals surface area contributed by atoms with Gasteiger partial charge in [0.1, 0.15) is 5.01 Å². The number of aromatic nitrogens is 1. The maximum absolute atomic E-state index is 13.7. The van der Waals surface area contributed by atoms with E-state index >= 15 is 0 Å². The number of aryl methyl sites for hydroxylation is 2. The molecule has 1 aromatic carbocycles. The van der Waals surface area contributed by atoms with E-state index in [4.69, 9.17) is 10.5 Å². The lowest BCUT2D eigenvalue weighted by Crippen LogP contribution is -2.12. The third-order valence-electron chi connectivity index (χ3n) is 3.05. The molecule has 0 saturated carbocycles. The summed E-state index contributed by atoms with van der Waals surface area (Å²) in [6.45, 7) is 4.09. The maximum atomic E-state index is 13.7.